The Balaban J connectivity index is 2.27. The predicted octanol–water partition coefficient (Wildman–Crippen LogP) is 8.06. The van der Waals surface area contributed by atoms with Gasteiger partial charge in [0, 0.05) is 22.6 Å². The Hall–Kier alpha value is -1.96. The highest BCUT2D eigenvalue weighted by Gasteiger charge is 2.41. The molecule has 0 spiro atoms. The Kier molecular flexibility index (Phi) is 5.37. The lowest BCUT2D eigenvalue weighted by molar-refractivity contribution is 0.0494. The molecule has 1 heterocycles. The summed E-state index contributed by atoms with van der Waals surface area (Å²) in [7, 11) is 0. The summed E-state index contributed by atoms with van der Waals surface area (Å²) in [5.74, 6) is 1.43. The maximum atomic E-state index is 11.4. The zero-order valence-electron chi connectivity index (χ0n) is 21.7. The maximum absolute atomic E-state index is 11.4. The Bertz CT molecular complexity index is 1000. The second kappa shape index (κ2) is 7.02. The number of benzene rings is 2. The molecule has 1 unspecified atom stereocenters. The third-order valence-corrected chi connectivity index (χ3v) is 6.74. The summed E-state index contributed by atoms with van der Waals surface area (Å²) in [6.45, 7) is 26.4. The van der Waals surface area contributed by atoms with Crippen LogP contribution in [0.1, 0.15) is 122 Å². The third-order valence-electron chi connectivity index (χ3n) is 6.74. The van der Waals surface area contributed by atoms with Gasteiger partial charge in [0.2, 0.25) is 0 Å². The van der Waals surface area contributed by atoms with E-state index in [-0.39, 0.29) is 27.8 Å². The van der Waals surface area contributed by atoms with Crippen molar-refractivity contribution in [1.82, 2.24) is 0 Å². The minimum absolute atomic E-state index is 0.00101. The lowest BCUT2D eigenvalue weighted by atomic mass is 9.74. The molecule has 1 aliphatic heterocycles. The van der Waals surface area contributed by atoms with Crippen LogP contribution >= 0.6 is 0 Å². The first-order valence-electron chi connectivity index (χ1n) is 11.6. The average Bonchev–Trinajstić information content (AvgIpc) is 2.57. The smallest absolute Gasteiger partial charge is 0.132 e. The number of hydrogen-bond donors (Lipinski definition) is 1. The standard InChI is InChI=1S/C29H42O2/c1-17(20-13-18(26(2,3)4)15-22(24(20)30)28(8,9)10)21-14-19(27(5,6)7)16-23-25(21)31-29(23,11)12/h13-17,30H,1-12H3. The van der Waals surface area contributed by atoms with E-state index in [1.807, 2.05) is 0 Å². The highest BCUT2D eigenvalue weighted by atomic mass is 16.5. The van der Waals surface area contributed by atoms with Gasteiger partial charge in [0.05, 0.1) is 0 Å². The van der Waals surface area contributed by atoms with Crippen molar-refractivity contribution >= 4 is 0 Å². The van der Waals surface area contributed by atoms with Gasteiger partial charge in [-0.05, 0) is 52.8 Å². The molecule has 0 fully saturated rings. The average molecular weight is 423 g/mol. The fourth-order valence-corrected chi connectivity index (χ4v) is 4.39. The Labute approximate surface area is 190 Å². The van der Waals surface area contributed by atoms with Gasteiger partial charge in [0.1, 0.15) is 17.1 Å². The summed E-state index contributed by atoms with van der Waals surface area (Å²) in [6, 6.07) is 8.99. The van der Waals surface area contributed by atoms with E-state index < -0.39 is 0 Å². The maximum Gasteiger partial charge on any atom is 0.132 e. The molecule has 0 saturated carbocycles. The molecule has 2 heteroatoms. The highest BCUT2D eigenvalue weighted by Crippen LogP contribution is 2.52. The Morgan fingerprint density at radius 1 is 0.742 bits per heavy atom. The predicted molar refractivity (Wildman–Crippen MR) is 132 cm³/mol. The zero-order chi connectivity index (χ0) is 23.7. The summed E-state index contributed by atoms with van der Waals surface area (Å²) in [5, 5.41) is 11.4. The summed E-state index contributed by atoms with van der Waals surface area (Å²) in [4.78, 5) is 0. The van der Waals surface area contributed by atoms with Gasteiger partial charge < -0.3 is 9.84 Å². The largest absolute Gasteiger partial charge is 0.507 e. The Morgan fingerprint density at radius 3 is 1.68 bits per heavy atom. The van der Waals surface area contributed by atoms with E-state index in [9.17, 15) is 5.11 Å². The van der Waals surface area contributed by atoms with Crippen LogP contribution in [0.25, 0.3) is 0 Å². The van der Waals surface area contributed by atoms with Crippen LogP contribution in [0.3, 0.4) is 0 Å². The topological polar surface area (TPSA) is 29.5 Å². The van der Waals surface area contributed by atoms with E-state index in [1.54, 1.807) is 0 Å². The molecular formula is C29H42O2. The lowest BCUT2D eigenvalue weighted by Gasteiger charge is -2.42. The molecule has 1 N–H and O–H groups in total. The first-order chi connectivity index (χ1) is 13.8. The van der Waals surface area contributed by atoms with Gasteiger partial charge in [0.25, 0.3) is 0 Å². The van der Waals surface area contributed by atoms with Gasteiger partial charge in [0.15, 0.2) is 0 Å². The molecule has 2 aromatic rings. The fourth-order valence-electron chi connectivity index (χ4n) is 4.39. The number of rotatable bonds is 2. The van der Waals surface area contributed by atoms with Crippen LogP contribution in [0.15, 0.2) is 24.3 Å². The normalized spacial score (nSPS) is 16.9. The quantitative estimate of drug-likeness (QED) is 0.530. The van der Waals surface area contributed by atoms with Crippen LogP contribution in [0.5, 0.6) is 11.5 Å². The molecule has 170 valence electrons. The van der Waals surface area contributed by atoms with Crippen LogP contribution < -0.4 is 4.74 Å². The van der Waals surface area contributed by atoms with Crippen molar-refractivity contribution in [2.24, 2.45) is 0 Å². The summed E-state index contributed by atoms with van der Waals surface area (Å²) in [6.07, 6.45) is 0. The molecule has 0 aromatic heterocycles. The van der Waals surface area contributed by atoms with Crippen LogP contribution in [0.4, 0.5) is 0 Å². The molecular weight excluding hydrogens is 380 g/mol. The monoisotopic (exact) mass is 422 g/mol. The van der Waals surface area contributed by atoms with Crippen molar-refractivity contribution in [3.05, 3.63) is 57.6 Å². The summed E-state index contributed by atoms with van der Waals surface area (Å²) >= 11 is 0. The number of hydrogen-bond acceptors (Lipinski definition) is 2. The van der Waals surface area contributed by atoms with Crippen LogP contribution in [-0.4, -0.2) is 5.11 Å². The number of fused-ring (bicyclic) bond motifs is 1. The number of aromatic hydroxyl groups is 1. The zero-order valence-corrected chi connectivity index (χ0v) is 21.7. The van der Waals surface area contributed by atoms with E-state index in [0.29, 0.717) is 5.75 Å². The first kappa shape index (κ1) is 23.7. The molecule has 0 saturated heterocycles. The van der Waals surface area contributed by atoms with E-state index in [2.05, 4.69) is 107 Å². The third kappa shape index (κ3) is 4.23. The molecule has 0 radical (unpaired) electrons. The van der Waals surface area contributed by atoms with Crippen molar-refractivity contribution in [2.45, 2.75) is 111 Å². The molecule has 0 aliphatic carbocycles. The van der Waals surface area contributed by atoms with Gasteiger partial charge in [-0.25, -0.2) is 0 Å². The molecule has 0 bridgehead atoms. The minimum Gasteiger partial charge on any atom is -0.507 e. The van der Waals surface area contributed by atoms with Crippen molar-refractivity contribution in [2.75, 3.05) is 0 Å². The van der Waals surface area contributed by atoms with Crippen LogP contribution in [0.2, 0.25) is 0 Å². The van der Waals surface area contributed by atoms with E-state index in [0.717, 1.165) is 16.9 Å². The molecule has 2 nitrogen and oxygen atoms in total. The molecule has 1 aliphatic rings. The van der Waals surface area contributed by atoms with Gasteiger partial charge in [-0.1, -0.05) is 87.4 Å². The number of phenols is 1. The molecule has 0 amide bonds. The summed E-state index contributed by atoms with van der Waals surface area (Å²) in [5.41, 5.74) is 6.63. The van der Waals surface area contributed by atoms with E-state index >= 15 is 0 Å². The highest BCUT2D eigenvalue weighted by molar-refractivity contribution is 5.60. The van der Waals surface area contributed by atoms with Gasteiger partial charge in [-0.15, -0.1) is 0 Å². The van der Waals surface area contributed by atoms with E-state index in [4.69, 9.17) is 4.74 Å². The van der Waals surface area contributed by atoms with E-state index in [1.165, 1.54) is 22.3 Å². The molecule has 2 aromatic carbocycles. The van der Waals surface area contributed by atoms with Crippen molar-refractivity contribution in [1.29, 1.82) is 0 Å². The SMILES string of the molecule is CC(c1cc(C(C)(C)C)cc(C(C)(C)C)c1O)c1cc(C(C)(C)C)cc2c1OC2(C)C. The fraction of sp³-hybridized carbons (Fsp3) is 0.586. The second-order valence-electron chi connectivity index (χ2n) is 13.0. The number of ether oxygens (including phenoxy) is 1. The van der Waals surface area contributed by atoms with Gasteiger partial charge in [-0.2, -0.15) is 0 Å². The van der Waals surface area contributed by atoms with Crippen molar-refractivity contribution in [3.63, 3.8) is 0 Å². The minimum atomic E-state index is -0.267. The lowest BCUT2D eigenvalue weighted by Crippen LogP contribution is -2.37. The number of phenolic OH excluding ortho intramolecular Hbond substituents is 1. The second-order valence-corrected chi connectivity index (χ2v) is 13.0. The van der Waals surface area contributed by atoms with Crippen LogP contribution in [0, 0.1) is 0 Å². The molecule has 1 atom stereocenters. The first-order valence-corrected chi connectivity index (χ1v) is 11.6. The van der Waals surface area contributed by atoms with Crippen LogP contribution in [-0.2, 0) is 21.8 Å². The molecule has 3 rings (SSSR count). The Morgan fingerprint density at radius 2 is 1.23 bits per heavy atom. The van der Waals surface area contributed by atoms with Crippen molar-refractivity contribution in [3.8, 4) is 11.5 Å². The van der Waals surface area contributed by atoms with Crippen molar-refractivity contribution < 1.29 is 9.84 Å². The molecule has 31 heavy (non-hydrogen) atoms. The van der Waals surface area contributed by atoms with Gasteiger partial charge in [-0.3, -0.25) is 0 Å². The van der Waals surface area contributed by atoms with Gasteiger partial charge >= 0.3 is 0 Å². The summed E-state index contributed by atoms with van der Waals surface area (Å²) < 4.78 is 6.27.